The molecule has 2 atom stereocenters. The third kappa shape index (κ3) is 3.63. The van der Waals surface area contributed by atoms with Crippen LogP contribution in [-0.4, -0.2) is 12.5 Å². The Hall–Kier alpha value is -1.22. The molecule has 3 N–H and O–H groups in total. The van der Waals surface area contributed by atoms with Crippen molar-refractivity contribution in [3.05, 3.63) is 28.8 Å². The van der Waals surface area contributed by atoms with Crippen LogP contribution >= 0.6 is 11.6 Å². The van der Waals surface area contributed by atoms with Crippen molar-refractivity contribution < 1.29 is 4.79 Å². The lowest BCUT2D eigenvalue weighted by Gasteiger charge is -2.28. The molecule has 19 heavy (non-hydrogen) atoms. The molecule has 0 aromatic heterocycles. The van der Waals surface area contributed by atoms with Crippen molar-refractivity contribution in [2.24, 2.45) is 11.8 Å². The van der Waals surface area contributed by atoms with Gasteiger partial charge in [-0.2, -0.15) is 0 Å². The van der Waals surface area contributed by atoms with Crippen LogP contribution in [0, 0.1) is 11.8 Å². The van der Waals surface area contributed by atoms with Gasteiger partial charge in [0.25, 0.3) is 5.91 Å². The van der Waals surface area contributed by atoms with Crippen LogP contribution in [0.1, 0.15) is 43.0 Å². The SMILES string of the molecule is CC1CCCCC1CNC(=O)c1cc(Cl)ccc1N. The minimum Gasteiger partial charge on any atom is -0.398 e. The summed E-state index contributed by atoms with van der Waals surface area (Å²) in [5.41, 5.74) is 6.75. The van der Waals surface area contributed by atoms with Crippen molar-refractivity contribution >= 4 is 23.2 Å². The summed E-state index contributed by atoms with van der Waals surface area (Å²) in [6, 6.07) is 4.98. The molecule has 1 aliphatic carbocycles. The van der Waals surface area contributed by atoms with Crippen molar-refractivity contribution in [3.8, 4) is 0 Å². The first kappa shape index (κ1) is 14.2. The second-order valence-corrected chi connectivity index (χ2v) is 5.90. The van der Waals surface area contributed by atoms with E-state index in [1.165, 1.54) is 25.7 Å². The lowest BCUT2D eigenvalue weighted by molar-refractivity contribution is 0.0937. The number of anilines is 1. The predicted octanol–water partition coefficient (Wildman–Crippen LogP) is 3.48. The zero-order valence-electron chi connectivity index (χ0n) is 11.3. The van der Waals surface area contributed by atoms with Gasteiger partial charge in [0.05, 0.1) is 5.56 Å². The molecule has 0 radical (unpaired) electrons. The van der Waals surface area contributed by atoms with E-state index in [0.29, 0.717) is 28.1 Å². The van der Waals surface area contributed by atoms with E-state index in [-0.39, 0.29) is 5.91 Å². The van der Waals surface area contributed by atoms with Crippen LogP contribution < -0.4 is 11.1 Å². The molecule has 3 nitrogen and oxygen atoms in total. The van der Waals surface area contributed by atoms with Gasteiger partial charge in [-0.05, 0) is 36.5 Å². The van der Waals surface area contributed by atoms with Gasteiger partial charge in [-0.1, -0.05) is 37.8 Å². The maximum Gasteiger partial charge on any atom is 0.253 e. The third-order valence-corrected chi connectivity index (χ3v) is 4.31. The minimum absolute atomic E-state index is 0.127. The smallest absolute Gasteiger partial charge is 0.253 e. The first-order chi connectivity index (χ1) is 9.08. The molecule has 1 aromatic rings. The van der Waals surface area contributed by atoms with E-state index < -0.39 is 0 Å². The number of carbonyl (C=O) groups excluding carboxylic acids is 1. The molecule has 1 saturated carbocycles. The molecule has 1 aromatic carbocycles. The Bertz CT molecular complexity index is 461. The lowest BCUT2D eigenvalue weighted by Crippen LogP contribution is -2.33. The summed E-state index contributed by atoms with van der Waals surface area (Å²) in [7, 11) is 0. The number of benzene rings is 1. The summed E-state index contributed by atoms with van der Waals surface area (Å²) < 4.78 is 0. The fourth-order valence-electron chi connectivity index (χ4n) is 2.74. The number of rotatable bonds is 3. The molecule has 0 aliphatic heterocycles. The fraction of sp³-hybridized carbons (Fsp3) is 0.533. The summed E-state index contributed by atoms with van der Waals surface area (Å²) in [6.07, 6.45) is 5.04. The minimum atomic E-state index is -0.127. The van der Waals surface area contributed by atoms with Crippen LogP contribution in [0.2, 0.25) is 5.02 Å². The molecule has 104 valence electrons. The summed E-state index contributed by atoms with van der Waals surface area (Å²) >= 11 is 5.90. The van der Waals surface area contributed by atoms with E-state index in [1.54, 1.807) is 18.2 Å². The Morgan fingerprint density at radius 2 is 2.16 bits per heavy atom. The summed E-state index contributed by atoms with van der Waals surface area (Å²) in [5, 5.41) is 3.52. The summed E-state index contributed by atoms with van der Waals surface area (Å²) in [6.45, 7) is 3.00. The maximum atomic E-state index is 12.1. The summed E-state index contributed by atoms with van der Waals surface area (Å²) in [4.78, 5) is 12.1. The van der Waals surface area contributed by atoms with Gasteiger partial charge in [0.1, 0.15) is 0 Å². The highest BCUT2D eigenvalue weighted by Gasteiger charge is 2.22. The Kier molecular flexibility index (Phi) is 4.70. The van der Waals surface area contributed by atoms with Gasteiger partial charge in [0.2, 0.25) is 0 Å². The molecule has 4 heteroatoms. The predicted molar refractivity (Wildman–Crippen MR) is 79.3 cm³/mol. The normalized spacial score (nSPS) is 23.1. The quantitative estimate of drug-likeness (QED) is 0.833. The Morgan fingerprint density at radius 1 is 1.42 bits per heavy atom. The van der Waals surface area contributed by atoms with Gasteiger partial charge in [0, 0.05) is 17.3 Å². The third-order valence-electron chi connectivity index (χ3n) is 4.07. The molecule has 0 bridgehead atoms. The standard InChI is InChI=1S/C15H21ClN2O/c1-10-4-2-3-5-11(10)9-18-15(19)13-8-12(16)6-7-14(13)17/h6-8,10-11H,2-5,9,17H2,1H3,(H,18,19). The molecule has 0 spiro atoms. The van der Waals surface area contributed by atoms with Crippen LogP contribution in [0.5, 0.6) is 0 Å². The molecule has 1 amide bonds. The zero-order chi connectivity index (χ0) is 13.8. The molecule has 0 heterocycles. The molecular weight excluding hydrogens is 260 g/mol. The molecular formula is C15H21ClN2O. The monoisotopic (exact) mass is 280 g/mol. The molecule has 2 unspecified atom stereocenters. The van der Waals surface area contributed by atoms with E-state index in [2.05, 4.69) is 12.2 Å². The number of amides is 1. The largest absolute Gasteiger partial charge is 0.398 e. The number of carbonyl (C=O) groups is 1. The topological polar surface area (TPSA) is 55.1 Å². The van der Waals surface area contributed by atoms with Crippen molar-refractivity contribution in [1.29, 1.82) is 0 Å². The van der Waals surface area contributed by atoms with Gasteiger partial charge in [-0.3, -0.25) is 4.79 Å². The summed E-state index contributed by atoms with van der Waals surface area (Å²) in [5.74, 6) is 1.14. The first-order valence-corrected chi connectivity index (χ1v) is 7.29. The molecule has 0 saturated heterocycles. The Morgan fingerprint density at radius 3 is 2.89 bits per heavy atom. The van der Waals surface area contributed by atoms with Crippen molar-refractivity contribution in [1.82, 2.24) is 5.32 Å². The highest BCUT2D eigenvalue weighted by atomic mass is 35.5. The number of hydrogen-bond acceptors (Lipinski definition) is 2. The number of hydrogen-bond donors (Lipinski definition) is 2. The van der Waals surface area contributed by atoms with E-state index in [0.717, 1.165) is 6.54 Å². The van der Waals surface area contributed by atoms with Crippen LogP contribution in [0.15, 0.2) is 18.2 Å². The van der Waals surface area contributed by atoms with E-state index in [9.17, 15) is 4.79 Å². The molecule has 1 aliphatic rings. The number of halogens is 1. The molecule has 2 rings (SSSR count). The highest BCUT2D eigenvalue weighted by molar-refractivity contribution is 6.31. The fourth-order valence-corrected chi connectivity index (χ4v) is 2.91. The van der Waals surface area contributed by atoms with Crippen molar-refractivity contribution in [3.63, 3.8) is 0 Å². The second-order valence-electron chi connectivity index (χ2n) is 5.46. The number of nitrogens with two attached hydrogens (primary N) is 1. The van der Waals surface area contributed by atoms with Crippen molar-refractivity contribution in [2.45, 2.75) is 32.6 Å². The van der Waals surface area contributed by atoms with Gasteiger partial charge in [-0.25, -0.2) is 0 Å². The van der Waals surface area contributed by atoms with Crippen LogP contribution in [0.3, 0.4) is 0 Å². The van der Waals surface area contributed by atoms with Gasteiger partial charge in [-0.15, -0.1) is 0 Å². The van der Waals surface area contributed by atoms with E-state index in [4.69, 9.17) is 17.3 Å². The second kappa shape index (κ2) is 6.29. The highest BCUT2D eigenvalue weighted by Crippen LogP contribution is 2.29. The van der Waals surface area contributed by atoms with Gasteiger partial charge >= 0.3 is 0 Å². The average molecular weight is 281 g/mol. The van der Waals surface area contributed by atoms with Crippen LogP contribution in [0.25, 0.3) is 0 Å². The first-order valence-electron chi connectivity index (χ1n) is 6.91. The molecule has 1 fully saturated rings. The van der Waals surface area contributed by atoms with Gasteiger partial charge in [0.15, 0.2) is 0 Å². The van der Waals surface area contributed by atoms with E-state index >= 15 is 0 Å². The Balaban J connectivity index is 1.95. The number of nitrogen functional groups attached to an aromatic ring is 1. The maximum absolute atomic E-state index is 12.1. The van der Waals surface area contributed by atoms with Crippen LogP contribution in [0.4, 0.5) is 5.69 Å². The average Bonchev–Trinajstić information content (AvgIpc) is 2.40. The Labute approximate surface area is 119 Å². The van der Waals surface area contributed by atoms with Crippen molar-refractivity contribution in [2.75, 3.05) is 12.3 Å². The zero-order valence-corrected chi connectivity index (χ0v) is 12.0. The number of nitrogens with one attached hydrogen (secondary N) is 1. The van der Waals surface area contributed by atoms with Gasteiger partial charge < -0.3 is 11.1 Å². The lowest BCUT2D eigenvalue weighted by atomic mass is 9.80. The van der Waals surface area contributed by atoms with Crippen LogP contribution in [-0.2, 0) is 0 Å². The van der Waals surface area contributed by atoms with E-state index in [1.807, 2.05) is 0 Å².